The molecule has 3 rings (SSSR count). The number of hydrogen-bond donors (Lipinski definition) is 0. The molecule has 2 aromatic heterocycles. The van der Waals surface area contributed by atoms with Crippen molar-refractivity contribution in [3.63, 3.8) is 0 Å². The zero-order valence-electron chi connectivity index (χ0n) is 13.7. The Labute approximate surface area is 152 Å². The van der Waals surface area contributed by atoms with Crippen LogP contribution in [-0.2, 0) is 19.1 Å². The van der Waals surface area contributed by atoms with Crippen LogP contribution in [0, 0.1) is 0 Å². The smallest absolute Gasteiger partial charge is 0.416 e. The number of furan rings is 1. The Morgan fingerprint density at radius 2 is 1.85 bits per heavy atom. The second-order valence-electron chi connectivity index (χ2n) is 5.71. The molecule has 2 heterocycles. The fourth-order valence-electron chi connectivity index (χ4n) is 2.53. The van der Waals surface area contributed by atoms with Crippen LogP contribution in [0.2, 0.25) is 0 Å². The van der Waals surface area contributed by atoms with Crippen LogP contribution in [0.15, 0.2) is 64.6 Å². The molecule has 26 heavy (non-hydrogen) atoms. The molecule has 0 bridgehead atoms. The summed E-state index contributed by atoms with van der Waals surface area (Å²) in [6.07, 6.45) is -2.23. The van der Waals surface area contributed by atoms with Crippen molar-refractivity contribution in [2.75, 3.05) is 6.54 Å². The van der Waals surface area contributed by atoms with Gasteiger partial charge >= 0.3 is 6.18 Å². The lowest BCUT2D eigenvalue weighted by molar-refractivity contribution is -0.137. The maximum atomic E-state index is 12.8. The minimum absolute atomic E-state index is 0.218. The third-order valence-corrected chi connectivity index (χ3v) is 4.82. The molecule has 0 unspecified atom stereocenters. The Kier molecular flexibility index (Phi) is 5.46. The number of halogens is 3. The predicted molar refractivity (Wildman–Crippen MR) is 92.9 cm³/mol. The molecule has 0 saturated heterocycles. The Hall–Kier alpha value is -2.54. The first-order valence-electron chi connectivity index (χ1n) is 7.95. The van der Waals surface area contributed by atoms with Crippen LogP contribution < -0.4 is 0 Å². The molecule has 1 amide bonds. The van der Waals surface area contributed by atoms with E-state index < -0.39 is 11.7 Å². The van der Waals surface area contributed by atoms with Crippen LogP contribution in [-0.4, -0.2) is 17.4 Å². The maximum absolute atomic E-state index is 12.8. The van der Waals surface area contributed by atoms with Gasteiger partial charge in [0.15, 0.2) is 0 Å². The van der Waals surface area contributed by atoms with Gasteiger partial charge in [-0.2, -0.15) is 13.2 Å². The van der Waals surface area contributed by atoms with Crippen molar-refractivity contribution < 1.29 is 22.4 Å². The Morgan fingerprint density at radius 3 is 2.42 bits per heavy atom. The van der Waals surface area contributed by atoms with Gasteiger partial charge in [-0.25, -0.2) is 0 Å². The van der Waals surface area contributed by atoms with Crippen LogP contribution in [0.3, 0.4) is 0 Å². The van der Waals surface area contributed by atoms with Gasteiger partial charge in [0.05, 0.1) is 18.4 Å². The van der Waals surface area contributed by atoms with Gasteiger partial charge in [0.1, 0.15) is 5.76 Å². The van der Waals surface area contributed by atoms with E-state index >= 15 is 0 Å². The second-order valence-corrected chi connectivity index (χ2v) is 6.74. The standard InChI is InChI=1S/C19H16F3NO2S/c20-19(21,22)15-7-5-14(6-8-15)18(24)23(13-16-3-1-11-25-16)10-9-17-4-2-12-26-17/h1-8,11-12H,9-10,13H2. The average Bonchev–Trinajstić information content (AvgIpc) is 3.31. The zero-order valence-corrected chi connectivity index (χ0v) is 14.5. The number of carbonyl (C=O) groups excluding carboxylic acids is 1. The van der Waals surface area contributed by atoms with Crippen molar-refractivity contribution >= 4 is 17.2 Å². The summed E-state index contributed by atoms with van der Waals surface area (Å²) < 4.78 is 43.4. The normalized spacial score (nSPS) is 11.5. The summed E-state index contributed by atoms with van der Waals surface area (Å²) in [4.78, 5) is 15.5. The summed E-state index contributed by atoms with van der Waals surface area (Å²) in [5, 5.41) is 1.96. The van der Waals surface area contributed by atoms with Crippen molar-refractivity contribution in [1.82, 2.24) is 4.90 Å². The number of hydrogen-bond acceptors (Lipinski definition) is 3. The summed E-state index contributed by atoms with van der Waals surface area (Å²) in [6.45, 7) is 0.708. The van der Waals surface area contributed by atoms with E-state index in [1.54, 1.807) is 28.4 Å². The van der Waals surface area contributed by atoms with Crippen molar-refractivity contribution in [1.29, 1.82) is 0 Å². The van der Waals surface area contributed by atoms with Crippen LogP contribution in [0.4, 0.5) is 13.2 Å². The lowest BCUT2D eigenvalue weighted by atomic mass is 10.1. The minimum Gasteiger partial charge on any atom is -0.467 e. The number of thiophene rings is 1. The number of nitrogens with zero attached hydrogens (tertiary/aromatic N) is 1. The third-order valence-electron chi connectivity index (χ3n) is 3.88. The average molecular weight is 379 g/mol. The Morgan fingerprint density at radius 1 is 1.08 bits per heavy atom. The molecule has 0 aliphatic rings. The van der Waals surface area contributed by atoms with Crippen LogP contribution in [0.5, 0.6) is 0 Å². The van der Waals surface area contributed by atoms with Gasteiger partial charge in [-0.15, -0.1) is 11.3 Å². The van der Waals surface area contributed by atoms with E-state index in [0.717, 1.165) is 17.0 Å². The van der Waals surface area contributed by atoms with E-state index in [1.165, 1.54) is 18.4 Å². The molecule has 3 aromatic rings. The summed E-state index contributed by atoms with van der Waals surface area (Å²) >= 11 is 1.60. The van der Waals surface area contributed by atoms with Gasteiger partial charge in [0, 0.05) is 17.0 Å². The van der Waals surface area contributed by atoms with Crippen molar-refractivity contribution in [2.24, 2.45) is 0 Å². The first-order chi connectivity index (χ1) is 12.4. The monoisotopic (exact) mass is 379 g/mol. The quantitative estimate of drug-likeness (QED) is 0.586. The van der Waals surface area contributed by atoms with Gasteiger partial charge in [-0.1, -0.05) is 6.07 Å². The highest BCUT2D eigenvalue weighted by Crippen LogP contribution is 2.29. The van der Waals surface area contributed by atoms with Gasteiger partial charge < -0.3 is 9.32 Å². The molecular weight excluding hydrogens is 363 g/mol. The number of carbonyl (C=O) groups is 1. The zero-order chi connectivity index (χ0) is 18.6. The van der Waals surface area contributed by atoms with E-state index in [9.17, 15) is 18.0 Å². The van der Waals surface area contributed by atoms with E-state index in [1.807, 2.05) is 17.5 Å². The van der Waals surface area contributed by atoms with Crippen LogP contribution >= 0.6 is 11.3 Å². The molecule has 0 aliphatic carbocycles. The highest BCUT2D eigenvalue weighted by molar-refractivity contribution is 7.09. The lowest BCUT2D eigenvalue weighted by Gasteiger charge is -2.22. The molecule has 7 heteroatoms. The molecule has 3 nitrogen and oxygen atoms in total. The van der Waals surface area contributed by atoms with Crippen LogP contribution in [0.1, 0.15) is 26.6 Å². The summed E-state index contributed by atoms with van der Waals surface area (Å²) in [5.41, 5.74) is -0.555. The Balaban J connectivity index is 1.76. The van der Waals surface area contributed by atoms with Gasteiger partial charge in [-0.3, -0.25) is 4.79 Å². The third kappa shape index (κ3) is 4.54. The molecule has 136 valence electrons. The number of amides is 1. The van der Waals surface area contributed by atoms with Crippen molar-refractivity contribution in [3.8, 4) is 0 Å². The molecule has 0 spiro atoms. The molecule has 0 fully saturated rings. The summed E-state index contributed by atoms with van der Waals surface area (Å²) in [6, 6.07) is 11.7. The maximum Gasteiger partial charge on any atom is 0.416 e. The van der Waals surface area contributed by atoms with Gasteiger partial charge in [0.2, 0.25) is 0 Å². The first kappa shape index (κ1) is 18.3. The highest BCUT2D eigenvalue weighted by Gasteiger charge is 2.30. The molecule has 0 saturated carbocycles. The fraction of sp³-hybridized carbons (Fsp3) is 0.211. The molecule has 0 N–H and O–H groups in total. The molecule has 1 aromatic carbocycles. The minimum atomic E-state index is -4.42. The number of benzene rings is 1. The molecule has 0 aliphatic heterocycles. The van der Waals surface area contributed by atoms with E-state index in [-0.39, 0.29) is 18.0 Å². The molecule has 0 atom stereocenters. The van der Waals surface area contributed by atoms with Crippen molar-refractivity contribution in [3.05, 3.63) is 81.9 Å². The van der Waals surface area contributed by atoms with E-state index in [2.05, 4.69) is 0 Å². The summed E-state index contributed by atoms with van der Waals surface area (Å²) in [7, 11) is 0. The number of alkyl halides is 3. The first-order valence-corrected chi connectivity index (χ1v) is 8.83. The van der Waals surface area contributed by atoms with Crippen LogP contribution in [0.25, 0.3) is 0 Å². The molecule has 0 radical (unpaired) electrons. The summed E-state index contributed by atoms with van der Waals surface area (Å²) in [5.74, 6) is 0.295. The lowest BCUT2D eigenvalue weighted by Crippen LogP contribution is -2.32. The highest BCUT2D eigenvalue weighted by atomic mass is 32.1. The number of rotatable bonds is 6. The van der Waals surface area contributed by atoms with Gasteiger partial charge in [-0.05, 0) is 54.3 Å². The second kappa shape index (κ2) is 7.78. The topological polar surface area (TPSA) is 33.5 Å². The van der Waals surface area contributed by atoms with Crippen molar-refractivity contribution in [2.45, 2.75) is 19.1 Å². The largest absolute Gasteiger partial charge is 0.467 e. The Bertz CT molecular complexity index is 825. The predicted octanol–water partition coefficient (Wildman–Crippen LogP) is 5.25. The molecular formula is C19H16F3NO2S. The SMILES string of the molecule is O=C(c1ccc(C(F)(F)F)cc1)N(CCc1cccs1)Cc1ccco1. The van der Waals surface area contributed by atoms with Gasteiger partial charge in [0.25, 0.3) is 5.91 Å². The van der Waals surface area contributed by atoms with E-state index in [4.69, 9.17) is 4.42 Å². The van der Waals surface area contributed by atoms with E-state index in [0.29, 0.717) is 18.7 Å². The fourth-order valence-corrected chi connectivity index (χ4v) is 3.23.